The number of ether oxygens (including phenoxy) is 1. The summed E-state index contributed by atoms with van der Waals surface area (Å²) in [6.45, 7) is 9.82. The lowest BCUT2D eigenvalue weighted by Gasteiger charge is -2.38. The first kappa shape index (κ1) is 21.3. The zero-order valence-electron chi connectivity index (χ0n) is 17.2. The highest BCUT2D eigenvalue weighted by atomic mass is 32.2. The zero-order valence-corrected chi connectivity index (χ0v) is 18.9. The van der Waals surface area contributed by atoms with Crippen molar-refractivity contribution in [3.05, 3.63) is 59.7 Å². The molecule has 0 bridgehead atoms. The molecule has 1 aliphatic rings. The predicted molar refractivity (Wildman–Crippen MR) is 119 cm³/mol. The summed E-state index contributed by atoms with van der Waals surface area (Å²) in [5.74, 6) is 0.693. The highest BCUT2D eigenvalue weighted by Gasteiger charge is 2.49. The summed E-state index contributed by atoms with van der Waals surface area (Å²) in [6.07, 6.45) is 0. The van der Waals surface area contributed by atoms with Crippen molar-refractivity contribution in [2.45, 2.75) is 35.3 Å². The third-order valence-electron chi connectivity index (χ3n) is 5.79. The van der Waals surface area contributed by atoms with Gasteiger partial charge >= 0.3 is 5.97 Å². The minimum Gasteiger partial charge on any atom is -0.458 e. The Kier molecular flexibility index (Phi) is 6.79. The second-order valence-electron chi connectivity index (χ2n) is 7.32. The Morgan fingerprint density at radius 2 is 1.54 bits per heavy atom. The molecule has 0 aromatic heterocycles. The number of rotatable bonds is 8. The van der Waals surface area contributed by atoms with Crippen LogP contribution in [0.5, 0.6) is 0 Å². The van der Waals surface area contributed by atoms with Crippen molar-refractivity contribution >= 4 is 29.5 Å². The SMILES string of the molecule is CCSC1(C(=O)OCC[N+](C)(CC)CC)c2ccccc2Sc2ccccc21. The molecule has 0 radical (unpaired) electrons. The van der Waals surface area contributed by atoms with Crippen LogP contribution in [0.4, 0.5) is 0 Å². The summed E-state index contributed by atoms with van der Waals surface area (Å²) in [6, 6.07) is 16.5. The Morgan fingerprint density at radius 1 is 1.00 bits per heavy atom. The maximum Gasteiger partial charge on any atom is 0.331 e. The topological polar surface area (TPSA) is 26.3 Å². The third-order valence-corrected chi connectivity index (χ3v) is 8.27. The van der Waals surface area contributed by atoms with E-state index in [1.54, 1.807) is 23.5 Å². The van der Waals surface area contributed by atoms with Crippen molar-refractivity contribution in [3.63, 3.8) is 0 Å². The fraction of sp³-hybridized carbons (Fsp3) is 0.435. The van der Waals surface area contributed by atoms with Crippen molar-refractivity contribution < 1.29 is 14.0 Å². The van der Waals surface area contributed by atoms with Gasteiger partial charge in [-0.15, -0.1) is 11.8 Å². The summed E-state index contributed by atoms with van der Waals surface area (Å²) < 4.78 is 6.08. The molecule has 0 N–H and O–H groups in total. The largest absolute Gasteiger partial charge is 0.458 e. The van der Waals surface area contributed by atoms with E-state index in [4.69, 9.17) is 4.74 Å². The van der Waals surface area contributed by atoms with Gasteiger partial charge in [0.05, 0.1) is 20.1 Å². The summed E-state index contributed by atoms with van der Waals surface area (Å²) in [5, 5.41) is 0. The Balaban J connectivity index is 1.98. The maximum absolute atomic E-state index is 13.6. The van der Waals surface area contributed by atoms with Crippen LogP contribution in [0.15, 0.2) is 58.3 Å². The number of nitrogens with zero attached hydrogens (tertiary/aromatic N) is 1. The number of fused-ring (bicyclic) bond motifs is 2. The zero-order chi connectivity index (χ0) is 20.2. The average molecular weight is 417 g/mol. The number of thioether (sulfide) groups is 1. The first-order chi connectivity index (χ1) is 13.5. The van der Waals surface area contributed by atoms with Gasteiger partial charge in [0.25, 0.3) is 0 Å². The summed E-state index contributed by atoms with van der Waals surface area (Å²) in [5.41, 5.74) is 2.11. The van der Waals surface area contributed by atoms with Crippen molar-refractivity contribution in [3.8, 4) is 0 Å². The van der Waals surface area contributed by atoms with Crippen molar-refractivity contribution in [1.82, 2.24) is 0 Å². The van der Waals surface area contributed by atoms with Gasteiger partial charge in [-0.2, -0.15) is 0 Å². The quantitative estimate of drug-likeness (QED) is 0.438. The smallest absolute Gasteiger partial charge is 0.331 e. The van der Waals surface area contributed by atoms with E-state index in [2.05, 4.69) is 52.1 Å². The molecule has 1 aliphatic heterocycles. The number of carbonyl (C=O) groups excluding carboxylic acids is 1. The van der Waals surface area contributed by atoms with E-state index in [1.807, 2.05) is 24.3 Å². The molecule has 1 heterocycles. The van der Waals surface area contributed by atoms with Gasteiger partial charge in [-0.25, -0.2) is 4.79 Å². The Hall–Kier alpha value is -1.43. The van der Waals surface area contributed by atoms with E-state index in [1.165, 1.54) is 0 Å². The van der Waals surface area contributed by atoms with Crippen molar-refractivity contribution in [2.75, 3.05) is 39.0 Å². The molecule has 0 spiro atoms. The lowest BCUT2D eigenvalue weighted by atomic mass is 9.89. The van der Waals surface area contributed by atoms with Gasteiger partial charge in [0.1, 0.15) is 13.2 Å². The Labute approximate surface area is 177 Å². The van der Waals surface area contributed by atoms with E-state index in [9.17, 15) is 4.79 Å². The normalized spacial score (nSPS) is 14.9. The van der Waals surface area contributed by atoms with E-state index >= 15 is 0 Å². The molecule has 0 atom stereocenters. The van der Waals surface area contributed by atoms with Gasteiger partial charge in [-0.05, 0) is 42.9 Å². The standard InChI is InChI=1S/C23H30NO2S2/c1-5-24(4,6-2)16-17-26-22(25)23(27-7-3)18-12-8-10-14-20(18)28-21-15-11-9-13-19(21)23/h8-15H,5-7,16-17H2,1-4H3/q+1. The number of hydrogen-bond donors (Lipinski definition) is 0. The van der Waals surface area contributed by atoms with Crippen LogP contribution >= 0.6 is 23.5 Å². The van der Waals surface area contributed by atoms with Crippen molar-refractivity contribution in [1.29, 1.82) is 0 Å². The molecule has 5 heteroatoms. The van der Waals surface area contributed by atoms with E-state index < -0.39 is 4.75 Å². The van der Waals surface area contributed by atoms with Gasteiger partial charge in [-0.1, -0.05) is 55.1 Å². The Bertz CT molecular complexity index is 787. The van der Waals surface area contributed by atoms with Crippen LogP contribution < -0.4 is 0 Å². The van der Waals surface area contributed by atoms with Crippen LogP contribution in [-0.2, 0) is 14.3 Å². The van der Waals surface area contributed by atoms with Crippen molar-refractivity contribution in [2.24, 2.45) is 0 Å². The highest BCUT2D eigenvalue weighted by Crippen LogP contribution is 2.55. The fourth-order valence-corrected chi connectivity index (χ4v) is 6.21. The predicted octanol–water partition coefficient (Wildman–Crippen LogP) is 5.18. The van der Waals surface area contributed by atoms with E-state index in [-0.39, 0.29) is 5.97 Å². The summed E-state index contributed by atoms with van der Waals surface area (Å²) >= 11 is 3.41. The van der Waals surface area contributed by atoms with Gasteiger partial charge in [-0.3, -0.25) is 0 Å². The second-order valence-corrected chi connectivity index (χ2v) is 9.88. The molecule has 0 saturated heterocycles. The van der Waals surface area contributed by atoms with Crippen LogP contribution in [0.3, 0.4) is 0 Å². The third kappa shape index (κ3) is 3.85. The molecule has 0 amide bonds. The first-order valence-corrected chi connectivity index (χ1v) is 11.8. The van der Waals surface area contributed by atoms with Crippen LogP contribution in [0.1, 0.15) is 31.9 Å². The molecule has 2 aromatic rings. The van der Waals surface area contributed by atoms with Gasteiger partial charge < -0.3 is 9.22 Å². The molecule has 0 fully saturated rings. The molecule has 0 unspecified atom stereocenters. The van der Waals surface area contributed by atoms with Crippen LogP contribution in [0.2, 0.25) is 0 Å². The monoisotopic (exact) mass is 416 g/mol. The Morgan fingerprint density at radius 3 is 2.04 bits per heavy atom. The molecule has 3 nitrogen and oxygen atoms in total. The lowest BCUT2D eigenvalue weighted by Crippen LogP contribution is -2.47. The second kappa shape index (κ2) is 8.93. The molecular weight excluding hydrogens is 386 g/mol. The number of esters is 1. The minimum atomic E-state index is -0.797. The molecule has 0 saturated carbocycles. The van der Waals surface area contributed by atoms with E-state index in [0.717, 1.165) is 50.8 Å². The number of likely N-dealkylation sites (N-methyl/N-ethyl adjacent to an activating group) is 1. The van der Waals surface area contributed by atoms with Gasteiger partial charge in [0.15, 0.2) is 4.75 Å². The molecule has 3 rings (SSSR count). The van der Waals surface area contributed by atoms with E-state index in [0.29, 0.717) is 6.61 Å². The number of carbonyl (C=O) groups is 1. The number of quaternary nitrogens is 1. The molecular formula is C23H30NO2S2+. The summed E-state index contributed by atoms with van der Waals surface area (Å²) in [4.78, 5) is 15.9. The molecule has 0 aliphatic carbocycles. The van der Waals surface area contributed by atoms with Crippen LogP contribution in [0, 0.1) is 0 Å². The molecule has 150 valence electrons. The molecule has 2 aromatic carbocycles. The lowest BCUT2D eigenvalue weighted by molar-refractivity contribution is -0.906. The average Bonchev–Trinajstić information content (AvgIpc) is 2.73. The van der Waals surface area contributed by atoms with Gasteiger partial charge in [0, 0.05) is 9.79 Å². The highest BCUT2D eigenvalue weighted by molar-refractivity contribution is 8.02. The number of benzene rings is 2. The molecule has 28 heavy (non-hydrogen) atoms. The fourth-order valence-electron chi connectivity index (χ4n) is 3.61. The summed E-state index contributed by atoms with van der Waals surface area (Å²) in [7, 11) is 2.21. The minimum absolute atomic E-state index is 0.140. The first-order valence-electron chi connectivity index (χ1n) is 10.0. The van der Waals surface area contributed by atoms with Crippen LogP contribution in [0.25, 0.3) is 0 Å². The number of hydrogen-bond acceptors (Lipinski definition) is 4. The van der Waals surface area contributed by atoms with Crippen LogP contribution in [-0.4, -0.2) is 49.5 Å². The van der Waals surface area contributed by atoms with Gasteiger partial charge in [0.2, 0.25) is 0 Å². The maximum atomic E-state index is 13.6.